The maximum absolute atomic E-state index is 13.0. The first-order chi connectivity index (χ1) is 11.1. The molecule has 6 nitrogen and oxygen atoms in total. The molecule has 2 fully saturated rings. The fourth-order valence-electron chi connectivity index (χ4n) is 2.56. The van der Waals surface area contributed by atoms with Crippen molar-refractivity contribution in [1.82, 2.24) is 9.21 Å². The van der Waals surface area contributed by atoms with Crippen LogP contribution in [0.3, 0.4) is 0 Å². The van der Waals surface area contributed by atoms with E-state index in [2.05, 4.69) is 0 Å². The van der Waals surface area contributed by atoms with E-state index in [1.54, 1.807) is 0 Å². The monoisotopic (exact) mass is 380 g/mol. The zero-order valence-electron chi connectivity index (χ0n) is 12.0. The van der Waals surface area contributed by atoms with Gasteiger partial charge in [0.2, 0.25) is 15.9 Å². The summed E-state index contributed by atoms with van der Waals surface area (Å²) in [5, 5.41) is -0.460. The molecular weight excluding hydrogens is 369 g/mol. The Kier molecular flexibility index (Phi) is 4.12. The predicted octanol–water partition coefficient (Wildman–Crippen LogP) is 1.77. The summed E-state index contributed by atoms with van der Waals surface area (Å²) >= 11 is 0.823. The van der Waals surface area contributed by atoms with Gasteiger partial charge in [0, 0.05) is 13.1 Å². The highest BCUT2D eigenvalue weighted by Crippen LogP contribution is 2.37. The first kappa shape index (κ1) is 17.2. The minimum atomic E-state index is -4.80. The molecule has 1 aromatic rings. The summed E-state index contributed by atoms with van der Waals surface area (Å²) in [6.45, 7) is -0.404. The number of imide groups is 1. The van der Waals surface area contributed by atoms with Gasteiger partial charge < -0.3 is 0 Å². The minimum absolute atomic E-state index is 0.00100. The van der Waals surface area contributed by atoms with Crippen LogP contribution < -0.4 is 0 Å². The molecule has 24 heavy (non-hydrogen) atoms. The SMILES string of the molecule is O=C1CSC(=O)N1C1CN(S(=O)(=O)c2ccccc2C(F)(F)F)C1. The summed E-state index contributed by atoms with van der Waals surface area (Å²) in [7, 11) is -4.36. The van der Waals surface area contributed by atoms with E-state index in [1.807, 2.05) is 0 Å². The number of carbonyl (C=O) groups excluding carboxylic acids is 2. The molecule has 0 atom stereocenters. The van der Waals surface area contributed by atoms with Gasteiger partial charge in [0.1, 0.15) is 0 Å². The fourth-order valence-corrected chi connectivity index (χ4v) is 5.06. The molecule has 0 saturated carbocycles. The second-order valence-corrected chi connectivity index (χ2v) is 8.12. The summed E-state index contributed by atoms with van der Waals surface area (Å²) in [5.74, 6) is -0.415. The second-order valence-electron chi connectivity index (χ2n) is 5.29. The molecule has 0 unspecified atom stereocenters. The summed E-state index contributed by atoms with van der Waals surface area (Å²) in [6.07, 6.45) is -4.80. The number of carbonyl (C=O) groups is 2. The number of sulfonamides is 1. The Morgan fingerprint density at radius 1 is 1.12 bits per heavy atom. The molecule has 0 spiro atoms. The van der Waals surface area contributed by atoms with Crippen LogP contribution in [0.2, 0.25) is 0 Å². The van der Waals surface area contributed by atoms with Crippen molar-refractivity contribution in [2.45, 2.75) is 17.1 Å². The number of rotatable bonds is 3. The lowest BCUT2D eigenvalue weighted by atomic mass is 10.1. The van der Waals surface area contributed by atoms with Crippen LogP contribution in [0.1, 0.15) is 5.56 Å². The van der Waals surface area contributed by atoms with Gasteiger partial charge in [-0.1, -0.05) is 23.9 Å². The lowest BCUT2D eigenvalue weighted by Crippen LogP contribution is -2.62. The number of hydrogen-bond acceptors (Lipinski definition) is 5. The maximum Gasteiger partial charge on any atom is 0.417 e. The average molecular weight is 380 g/mol. The van der Waals surface area contributed by atoms with Gasteiger partial charge in [-0.25, -0.2) is 8.42 Å². The van der Waals surface area contributed by atoms with Gasteiger partial charge in [-0.3, -0.25) is 14.5 Å². The first-order valence-electron chi connectivity index (χ1n) is 6.77. The van der Waals surface area contributed by atoms with E-state index in [-0.39, 0.29) is 18.8 Å². The Bertz CT molecular complexity index is 788. The van der Waals surface area contributed by atoms with Crippen molar-refractivity contribution in [1.29, 1.82) is 0 Å². The number of nitrogens with zero attached hydrogens (tertiary/aromatic N) is 2. The Hall–Kier alpha value is -1.59. The molecule has 1 aromatic carbocycles. The second kappa shape index (κ2) is 5.74. The number of halogens is 3. The van der Waals surface area contributed by atoms with E-state index < -0.39 is 43.8 Å². The number of benzene rings is 1. The third-order valence-corrected chi connectivity index (χ3v) is 6.51. The highest BCUT2D eigenvalue weighted by Gasteiger charge is 2.47. The quantitative estimate of drug-likeness (QED) is 0.799. The minimum Gasteiger partial charge on any atom is -0.273 e. The van der Waals surface area contributed by atoms with Gasteiger partial charge in [0.05, 0.1) is 22.3 Å². The van der Waals surface area contributed by atoms with Gasteiger partial charge in [-0.15, -0.1) is 0 Å². The molecule has 2 saturated heterocycles. The van der Waals surface area contributed by atoms with Gasteiger partial charge in [-0.05, 0) is 12.1 Å². The fraction of sp³-hybridized carbons (Fsp3) is 0.385. The molecule has 11 heteroatoms. The van der Waals surface area contributed by atoms with Crippen molar-refractivity contribution < 1.29 is 31.2 Å². The molecule has 0 N–H and O–H groups in total. The molecule has 3 rings (SSSR count). The largest absolute Gasteiger partial charge is 0.417 e. The van der Waals surface area contributed by atoms with Crippen molar-refractivity contribution in [3.05, 3.63) is 29.8 Å². The van der Waals surface area contributed by atoms with E-state index in [1.165, 1.54) is 6.07 Å². The van der Waals surface area contributed by atoms with Crippen LogP contribution in [0.15, 0.2) is 29.2 Å². The first-order valence-corrected chi connectivity index (χ1v) is 9.20. The smallest absolute Gasteiger partial charge is 0.273 e. The van der Waals surface area contributed by atoms with Crippen LogP contribution in [-0.2, 0) is 21.0 Å². The Morgan fingerprint density at radius 3 is 2.29 bits per heavy atom. The van der Waals surface area contributed by atoms with E-state index in [0.717, 1.165) is 33.1 Å². The molecule has 0 radical (unpaired) electrons. The molecule has 2 heterocycles. The van der Waals surface area contributed by atoms with Gasteiger partial charge in [0.25, 0.3) is 5.24 Å². The summed E-state index contributed by atoms with van der Waals surface area (Å²) in [6, 6.07) is 3.29. The van der Waals surface area contributed by atoms with Gasteiger partial charge >= 0.3 is 6.18 Å². The molecule has 0 bridgehead atoms. The lowest BCUT2D eigenvalue weighted by Gasteiger charge is -2.41. The Balaban J connectivity index is 1.82. The van der Waals surface area contributed by atoms with Crippen LogP contribution in [0.4, 0.5) is 18.0 Å². The molecule has 0 aromatic heterocycles. The summed E-state index contributed by atoms with van der Waals surface area (Å²) in [4.78, 5) is 23.3. The number of amides is 2. The third kappa shape index (κ3) is 2.80. The molecule has 0 aliphatic carbocycles. The highest BCUT2D eigenvalue weighted by atomic mass is 32.2. The number of hydrogen-bond donors (Lipinski definition) is 0. The van der Waals surface area contributed by atoms with Crippen LogP contribution in [-0.4, -0.2) is 53.7 Å². The lowest BCUT2D eigenvalue weighted by molar-refractivity contribution is -0.140. The number of thioether (sulfide) groups is 1. The zero-order chi connectivity index (χ0) is 17.7. The van der Waals surface area contributed by atoms with E-state index >= 15 is 0 Å². The Morgan fingerprint density at radius 2 is 1.75 bits per heavy atom. The molecule has 2 aliphatic rings. The van der Waals surface area contributed by atoms with Crippen molar-refractivity contribution >= 4 is 32.9 Å². The van der Waals surface area contributed by atoms with Crippen LogP contribution in [0.25, 0.3) is 0 Å². The summed E-state index contributed by atoms with van der Waals surface area (Å²) in [5.41, 5.74) is -1.24. The van der Waals surface area contributed by atoms with Gasteiger partial charge in [0.15, 0.2) is 0 Å². The highest BCUT2D eigenvalue weighted by molar-refractivity contribution is 8.14. The normalized spacial score (nSPS) is 20.5. The molecule has 2 aliphatic heterocycles. The van der Waals surface area contributed by atoms with Crippen LogP contribution in [0, 0.1) is 0 Å². The topological polar surface area (TPSA) is 74.8 Å². The van der Waals surface area contributed by atoms with Crippen molar-refractivity contribution in [3.8, 4) is 0 Å². The van der Waals surface area contributed by atoms with Crippen molar-refractivity contribution in [2.24, 2.45) is 0 Å². The average Bonchev–Trinajstić information content (AvgIpc) is 2.77. The molecule has 2 amide bonds. The summed E-state index contributed by atoms with van der Waals surface area (Å²) < 4.78 is 64.7. The maximum atomic E-state index is 13.0. The molecule has 130 valence electrons. The number of alkyl halides is 3. The van der Waals surface area contributed by atoms with Crippen molar-refractivity contribution in [3.63, 3.8) is 0 Å². The standard InChI is InChI=1S/C13H11F3N2O4S2/c14-13(15,16)9-3-1-2-4-10(9)24(21,22)17-5-8(6-17)18-11(19)7-23-12(18)20/h1-4,8H,5-7H2. The van der Waals surface area contributed by atoms with E-state index in [9.17, 15) is 31.2 Å². The Labute approximate surface area is 139 Å². The van der Waals surface area contributed by atoms with E-state index in [4.69, 9.17) is 0 Å². The van der Waals surface area contributed by atoms with E-state index in [0.29, 0.717) is 6.07 Å². The molecular formula is C13H11F3N2O4S2. The van der Waals surface area contributed by atoms with Gasteiger partial charge in [-0.2, -0.15) is 17.5 Å². The van der Waals surface area contributed by atoms with Crippen LogP contribution >= 0.6 is 11.8 Å². The van der Waals surface area contributed by atoms with Crippen molar-refractivity contribution in [2.75, 3.05) is 18.8 Å². The zero-order valence-corrected chi connectivity index (χ0v) is 13.6. The third-order valence-electron chi connectivity index (χ3n) is 3.79. The van der Waals surface area contributed by atoms with Crippen LogP contribution in [0.5, 0.6) is 0 Å². The predicted molar refractivity (Wildman–Crippen MR) is 78.7 cm³/mol.